The molecule has 1 aliphatic carbocycles. The molecule has 0 heterocycles. The molecule has 0 aliphatic heterocycles. The van der Waals surface area contributed by atoms with E-state index in [0.717, 1.165) is 17.4 Å². The van der Waals surface area contributed by atoms with Gasteiger partial charge in [-0.3, -0.25) is 4.99 Å². The zero-order chi connectivity index (χ0) is 14.5. The molecule has 2 N–H and O–H groups in total. The van der Waals surface area contributed by atoms with Gasteiger partial charge in [0.2, 0.25) is 0 Å². The summed E-state index contributed by atoms with van der Waals surface area (Å²) in [6, 6.07) is 8.73. The molecule has 1 saturated carbocycles. The van der Waals surface area contributed by atoms with Gasteiger partial charge in [-0.2, -0.15) is 0 Å². The van der Waals surface area contributed by atoms with Crippen LogP contribution in [0.5, 0.6) is 0 Å². The van der Waals surface area contributed by atoms with Gasteiger partial charge in [0.1, 0.15) is 0 Å². The van der Waals surface area contributed by atoms with Crippen molar-refractivity contribution in [1.29, 1.82) is 0 Å². The first-order valence-corrected chi connectivity index (χ1v) is 7.26. The lowest BCUT2D eigenvalue weighted by Gasteiger charge is -2.17. The second kappa shape index (κ2) is 8.80. The normalized spacial score (nSPS) is 22.2. The van der Waals surface area contributed by atoms with E-state index in [1.54, 1.807) is 14.2 Å². The van der Waals surface area contributed by atoms with Crippen molar-refractivity contribution in [2.45, 2.75) is 31.3 Å². The third-order valence-corrected chi connectivity index (χ3v) is 3.65. The van der Waals surface area contributed by atoms with E-state index >= 15 is 0 Å². The van der Waals surface area contributed by atoms with Crippen molar-refractivity contribution in [2.24, 2.45) is 4.99 Å². The first kappa shape index (κ1) is 18.5. The Labute approximate surface area is 148 Å². The average Bonchev–Trinajstić information content (AvgIpc) is 3.17. The van der Waals surface area contributed by atoms with Crippen LogP contribution >= 0.6 is 35.6 Å². The standard InChI is InChI=1S/C15H22ClN3O.HI/c1-10(9-20-3)18-15(17-2)19-14-8-13(14)11-5-4-6-12(16)7-11;/h4-7,10,13-14H,8-9H2,1-3H3,(H2,17,18,19);1H. The molecule has 1 aromatic rings. The number of methoxy groups -OCH3 is 1. The second-order valence-electron chi connectivity index (χ2n) is 5.22. The van der Waals surface area contributed by atoms with Crippen LogP contribution in [0.25, 0.3) is 0 Å². The number of benzene rings is 1. The molecule has 1 aromatic carbocycles. The molecule has 21 heavy (non-hydrogen) atoms. The van der Waals surface area contributed by atoms with Crippen LogP contribution < -0.4 is 10.6 Å². The predicted molar refractivity (Wildman–Crippen MR) is 99.0 cm³/mol. The van der Waals surface area contributed by atoms with Gasteiger partial charge in [-0.1, -0.05) is 23.7 Å². The van der Waals surface area contributed by atoms with Crippen LogP contribution in [0.2, 0.25) is 5.02 Å². The van der Waals surface area contributed by atoms with Gasteiger partial charge >= 0.3 is 0 Å². The number of hydrogen-bond acceptors (Lipinski definition) is 2. The highest BCUT2D eigenvalue weighted by atomic mass is 127. The molecular formula is C15H23ClIN3O. The van der Waals surface area contributed by atoms with E-state index in [1.165, 1.54) is 5.56 Å². The summed E-state index contributed by atoms with van der Waals surface area (Å²) in [7, 11) is 3.48. The molecule has 0 saturated heterocycles. The van der Waals surface area contributed by atoms with Gasteiger partial charge in [-0.05, 0) is 31.0 Å². The van der Waals surface area contributed by atoms with Gasteiger partial charge in [0.25, 0.3) is 0 Å². The largest absolute Gasteiger partial charge is 0.383 e. The van der Waals surface area contributed by atoms with Crippen molar-refractivity contribution in [3.63, 3.8) is 0 Å². The third kappa shape index (κ3) is 5.64. The fourth-order valence-electron chi connectivity index (χ4n) is 2.33. The molecule has 1 fully saturated rings. The molecule has 3 atom stereocenters. The lowest BCUT2D eigenvalue weighted by Crippen LogP contribution is -2.45. The molecule has 0 aromatic heterocycles. The highest BCUT2D eigenvalue weighted by Crippen LogP contribution is 2.41. The first-order chi connectivity index (χ1) is 9.63. The summed E-state index contributed by atoms with van der Waals surface area (Å²) in [4.78, 5) is 4.25. The molecule has 1 aliphatic rings. The number of ether oxygens (including phenoxy) is 1. The van der Waals surface area contributed by atoms with Crippen LogP contribution in [-0.2, 0) is 4.74 Å². The Morgan fingerprint density at radius 2 is 2.29 bits per heavy atom. The van der Waals surface area contributed by atoms with E-state index < -0.39 is 0 Å². The summed E-state index contributed by atoms with van der Waals surface area (Å²) in [5.74, 6) is 1.34. The van der Waals surface area contributed by atoms with Gasteiger partial charge in [-0.15, -0.1) is 24.0 Å². The van der Waals surface area contributed by atoms with E-state index in [9.17, 15) is 0 Å². The number of guanidine groups is 1. The van der Waals surface area contributed by atoms with Crippen molar-refractivity contribution >= 4 is 41.5 Å². The molecule has 6 heteroatoms. The van der Waals surface area contributed by atoms with Crippen molar-refractivity contribution in [2.75, 3.05) is 20.8 Å². The molecule has 2 rings (SSSR count). The molecular weight excluding hydrogens is 401 g/mol. The van der Waals surface area contributed by atoms with Gasteiger partial charge in [0.15, 0.2) is 5.96 Å². The van der Waals surface area contributed by atoms with Crippen LogP contribution in [0.3, 0.4) is 0 Å². The van der Waals surface area contributed by atoms with E-state index in [0.29, 0.717) is 18.6 Å². The van der Waals surface area contributed by atoms with Crippen LogP contribution in [-0.4, -0.2) is 38.8 Å². The van der Waals surface area contributed by atoms with Crippen LogP contribution in [0, 0.1) is 0 Å². The predicted octanol–water partition coefficient (Wildman–Crippen LogP) is 3.01. The Hall–Kier alpha value is -0.530. The summed E-state index contributed by atoms with van der Waals surface area (Å²) in [6.45, 7) is 2.72. The molecule has 0 amide bonds. The molecule has 3 unspecified atom stereocenters. The van der Waals surface area contributed by atoms with Crippen LogP contribution in [0.15, 0.2) is 29.3 Å². The maximum atomic E-state index is 6.03. The fraction of sp³-hybridized carbons (Fsp3) is 0.533. The minimum Gasteiger partial charge on any atom is -0.383 e. The Morgan fingerprint density at radius 1 is 1.52 bits per heavy atom. The number of hydrogen-bond donors (Lipinski definition) is 2. The minimum atomic E-state index is 0. The van der Waals surface area contributed by atoms with Gasteiger partial charge in [0.05, 0.1) is 6.61 Å². The Balaban J connectivity index is 0.00000220. The van der Waals surface area contributed by atoms with Gasteiger partial charge in [-0.25, -0.2) is 0 Å². The van der Waals surface area contributed by atoms with Gasteiger partial charge < -0.3 is 15.4 Å². The monoisotopic (exact) mass is 423 g/mol. The van der Waals surface area contributed by atoms with E-state index in [-0.39, 0.29) is 30.0 Å². The number of nitrogens with one attached hydrogen (secondary N) is 2. The molecule has 118 valence electrons. The van der Waals surface area contributed by atoms with E-state index in [4.69, 9.17) is 16.3 Å². The Bertz CT molecular complexity index is 484. The van der Waals surface area contributed by atoms with Crippen LogP contribution in [0.1, 0.15) is 24.8 Å². The van der Waals surface area contributed by atoms with Crippen molar-refractivity contribution in [3.8, 4) is 0 Å². The number of nitrogens with zero attached hydrogens (tertiary/aromatic N) is 1. The smallest absolute Gasteiger partial charge is 0.191 e. The number of halogens is 2. The molecule has 0 radical (unpaired) electrons. The lowest BCUT2D eigenvalue weighted by atomic mass is 10.1. The van der Waals surface area contributed by atoms with Gasteiger partial charge in [0, 0.05) is 37.2 Å². The minimum absolute atomic E-state index is 0. The molecule has 4 nitrogen and oxygen atoms in total. The highest BCUT2D eigenvalue weighted by molar-refractivity contribution is 14.0. The summed E-state index contributed by atoms with van der Waals surface area (Å²) in [5, 5.41) is 7.54. The first-order valence-electron chi connectivity index (χ1n) is 6.88. The van der Waals surface area contributed by atoms with Crippen molar-refractivity contribution in [3.05, 3.63) is 34.9 Å². The SMILES string of the molecule is CN=C(NC(C)COC)NC1CC1c1cccc(Cl)c1.I. The molecule has 0 bridgehead atoms. The average molecular weight is 424 g/mol. The summed E-state index contributed by atoms with van der Waals surface area (Å²) < 4.78 is 5.11. The van der Waals surface area contributed by atoms with Crippen molar-refractivity contribution in [1.82, 2.24) is 10.6 Å². The Kier molecular flexibility index (Phi) is 7.76. The van der Waals surface area contributed by atoms with E-state index in [1.807, 2.05) is 18.2 Å². The van der Waals surface area contributed by atoms with Crippen LogP contribution in [0.4, 0.5) is 0 Å². The summed E-state index contributed by atoms with van der Waals surface area (Å²) in [5.41, 5.74) is 1.29. The summed E-state index contributed by atoms with van der Waals surface area (Å²) in [6.07, 6.45) is 1.11. The number of rotatable bonds is 5. The number of aliphatic imine (C=N–C) groups is 1. The second-order valence-corrected chi connectivity index (χ2v) is 5.66. The summed E-state index contributed by atoms with van der Waals surface area (Å²) >= 11 is 6.03. The quantitative estimate of drug-likeness (QED) is 0.435. The zero-order valence-corrected chi connectivity index (χ0v) is 15.7. The van der Waals surface area contributed by atoms with Crippen molar-refractivity contribution < 1.29 is 4.74 Å². The maximum absolute atomic E-state index is 6.03. The lowest BCUT2D eigenvalue weighted by molar-refractivity contribution is 0.179. The topological polar surface area (TPSA) is 45.7 Å². The highest BCUT2D eigenvalue weighted by Gasteiger charge is 2.39. The van der Waals surface area contributed by atoms with E-state index in [2.05, 4.69) is 28.6 Å². The fourth-order valence-corrected chi connectivity index (χ4v) is 2.53. The molecule has 0 spiro atoms. The zero-order valence-electron chi connectivity index (χ0n) is 12.6. The Morgan fingerprint density at radius 3 is 2.90 bits per heavy atom. The maximum Gasteiger partial charge on any atom is 0.191 e. The third-order valence-electron chi connectivity index (χ3n) is 3.41.